The second kappa shape index (κ2) is 5.50. The maximum Gasteiger partial charge on any atom is 0.0806 e. The van der Waals surface area contributed by atoms with E-state index in [0.29, 0.717) is 11.3 Å². The molecule has 0 aromatic heterocycles. The largest absolute Gasteiger partial charge is 0.377 e. The molecule has 0 spiro atoms. The quantitative estimate of drug-likeness (QED) is 0.685. The lowest BCUT2D eigenvalue weighted by atomic mass is 9.66. The molecule has 2 saturated carbocycles. The van der Waals surface area contributed by atoms with Crippen LogP contribution in [0.25, 0.3) is 0 Å². The maximum atomic E-state index is 6.28. The van der Waals surface area contributed by atoms with Gasteiger partial charge in [0.15, 0.2) is 0 Å². The summed E-state index contributed by atoms with van der Waals surface area (Å²) in [5.74, 6) is 2.66. The van der Waals surface area contributed by atoms with E-state index in [1.807, 2.05) is 0 Å². The highest BCUT2D eigenvalue weighted by molar-refractivity contribution is 6.29. The Morgan fingerprint density at radius 1 is 1.30 bits per heavy atom. The van der Waals surface area contributed by atoms with Crippen molar-refractivity contribution < 1.29 is 4.74 Å². The predicted molar refractivity (Wildman–Crippen MR) is 84.8 cm³/mol. The summed E-state index contributed by atoms with van der Waals surface area (Å²) in [6.07, 6.45) is 12.4. The molecule has 0 bridgehead atoms. The van der Waals surface area contributed by atoms with Crippen LogP contribution < -0.4 is 0 Å². The van der Waals surface area contributed by atoms with Crippen LogP contribution in [-0.2, 0) is 4.74 Å². The molecule has 20 heavy (non-hydrogen) atoms. The summed E-state index contributed by atoms with van der Waals surface area (Å²) in [6.45, 7) is 4.94. The van der Waals surface area contributed by atoms with E-state index in [-0.39, 0.29) is 6.10 Å². The van der Waals surface area contributed by atoms with Crippen LogP contribution in [0, 0.1) is 23.2 Å². The topological polar surface area (TPSA) is 9.23 Å². The van der Waals surface area contributed by atoms with E-state index in [9.17, 15) is 0 Å². The second-order valence-electron chi connectivity index (χ2n) is 7.48. The highest BCUT2D eigenvalue weighted by Gasteiger charge is 2.48. The minimum absolute atomic E-state index is 0.180. The molecule has 0 aromatic rings. The Kier molecular flexibility index (Phi) is 4.03. The van der Waals surface area contributed by atoms with Crippen molar-refractivity contribution in [3.63, 3.8) is 0 Å². The van der Waals surface area contributed by atoms with Crippen LogP contribution in [0.15, 0.2) is 22.8 Å². The molecule has 3 atom stereocenters. The molecule has 112 valence electrons. The van der Waals surface area contributed by atoms with E-state index in [1.165, 1.54) is 37.7 Å². The van der Waals surface area contributed by atoms with Gasteiger partial charge in [0.2, 0.25) is 0 Å². The summed E-state index contributed by atoms with van der Waals surface area (Å²) < 4.78 is 5.48. The molecule has 0 aromatic carbocycles. The summed E-state index contributed by atoms with van der Waals surface area (Å²) in [4.78, 5) is 0. The Balaban J connectivity index is 1.64. The van der Waals surface area contributed by atoms with E-state index < -0.39 is 0 Å². The van der Waals surface area contributed by atoms with Crippen LogP contribution in [0.4, 0.5) is 0 Å². The van der Waals surface area contributed by atoms with Gasteiger partial charge in [-0.3, -0.25) is 0 Å². The summed E-state index contributed by atoms with van der Waals surface area (Å²) in [7, 11) is 1.78. The average molecular weight is 295 g/mol. The zero-order valence-corrected chi connectivity index (χ0v) is 13.7. The molecular formula is C18H27ClO. The molecule has 2 heteroatoms. The molecule has 3 unspecified atom stereocenters. The third-order valence-electron chi connectivity index (χ3n) is 6.00. The van der Waals surface area contributed by atoms with Crippen molar-refractivity contribution >= 4 is 11.6 Å². The van der Waals surface area contributed by atoms with Crippen molar-refractivity contribution in [2.45, 2.75) is 58.5 Å². The normalized spacial score (nSPS) is 44.8. The molecule has 0 saturated heterocycles. The summed E-state index contributed by atoms with van der Waals surface area (Å²) in [6, 6.07) is 0. The van der Waals surface area contributed by atoms with Crippen LogP contribution in [0.2, 0.25) is 0 Å². The van der Waals surface area contributed by atoms with Gasteiger partial charge in [0.1, 0.15) is 0 Å². The Bertz CT molecular complexity index is 429. The lowest BCUT2D eigenvalue weighted by Gasteiger charge is -2.39. The molecule has 0 amide bonds. The SMILES string of the molecule is COC1C=C(C2CCC(C)(C3CC3C)CC2)C=C(Cl)C1. The molecule has 1 nitrogen and oxygen atoms in total. The van der Waals surface area contributed by atoms with Gasteiger partial charge in [-0.2, -0.15) is 0 Å². The van der Waals surface area contributed by atoms with Gasteiger partial charge >= 0.3 is 0 Å². The first kappa shape index (κ1) is 14.7. The third kappa shape index (κ3) is 2.85. The van der Waals surface area contributed by atoms with E-state index in [0.717, 1.165) is 23.3 Å². The van der Waals surface area contributed by atoms with E-state index in [1.54, 1.807) is 7.11 Å². The van der Waals surface area contributed by atoms with Gasteiger partial charge in [-0.15, -0.1) is 0 Å². The zero-order chi connectivity index (χ0) is 14.3. The Morgan fingerprint density at radius 2 is 1.95 bits per heavy atom. The molecule has 0 aliphatic heterocycles. The van der Waals surface area contributed by atoms with E-state index in [2.05, 4.69) is 26.0 Å². The smallest absolute Gasteiger partial charge is 0.0806 e. The Morgan fingerprint density at radius 3 is 2.50 bits per heavy atom. The molecule has 2 fully saturated rings. The van der Waals surface area contributed by atoms with Crippen molar-refractivity contribution in [3.8, 4) is 0 Å². The lowest BCUT2D eigenvalue weighted by molar-refractivity contribution is 0.134. The highest BCUT2D eigenvalue weighted by Crippen LogP contribution is 2.58. The first-order valence-electron chi connectivity index (χ1n) is 8.12. The molecule has 0 heterocycles. The van der Waals surface area contributed by atoms with E-state index >= 15 is 0 Å². The number of rotatable bonds is 3. The number of hydrogen-bond acceptors (Lipinski definition) is 1. The minimum atomic E-state index is 0.180. The summed E-state index contributed by atoms with van der Waals surface area (Å²) in [5, 5.41) is 0.957. The first-order valence-corrected chi connectivity index (χ1v) is 8.50. The van der Waals surface area contributed by atoms with Crippen LogP contribution in [0.3, 0.4) is 0 Å². The summed E-state index contributed by atoms with van der Waals surface area (Å²) >= 11 is 6.28. The van der Waals surface area contributed by atoms with Crippen molar-refractivity contribution in [1.82, 2.24) is 0 Å². The van der Waals surface area contributed by atoms with Gasteiger partial charge in [0.05, 0.1) is 6.10 Å². The molecule has 3 rings (SSSR count). The van der Waals surface area contributed by atoms with Gasteiger partial charge in [-0.05, 0) is 66.9 Å². The highest BCUT2D eigenvalue weighted by atomic mass is 35.5. The monoisotopic (exact) mass is 294 g/mol. The fraction of sp³-hybridized carbons (Fsp3) is 0.778. The van der Waals surface area contributed by atoms with Crippen LogP contribution in [-0.4, -0.2) is 13.2 Å². The molecule has 3 aliphatic carbocycles. The Hall–Kier alpha value is -0.270. The molecule has 0 radical (unpaired) electrons. The maximum absolute atomic E-state index is 6.28. The van der Waals surface area contributed by atoms with Crippen molar-refractivity contribution in [3.05, 3.63) is 22.8 Å². The number of halogens is 1. The Labute approximate surface area is 128 Å². The standard InChI is InChI=1S/C18H27ClO/c1-12-8-17(12)18(2)6-4-13(5-7-18)14-9-15(19)11-16(10-14)20-3/h9-10,12-13,16-17H,4-8,11H2,1-3H3. The number of allylic oxidation sites excluding steroid dienone is 2. The third-order valence-corrected chi connectivity index (χ3v) is 6.27. The van der Waals surface area contributed by atoms with E-state index in [4.69, 9.17) is 16.3 Å². The van der Waals surface area contributed by atoms with Crippen LogP contribution in [0.5, 0.6) is 0 Å². The predicted octanol–water partition coefficient (Wildman–Crippen LogP) is 5.31. The zero-order valence-electron chi connectivity index (χ0n) is 13.0. The van der Waals surface area contributed by atoms with Crippen LogP contribution in [0.1, 0.15) is 52.4 Å². The fourth-order valence-electron chi connectivity index (χ4n) is 4.43. The molecular weight excluding hydrogens is 268 g/mol. The lowest BCUT2D eigenvalue weighted by Crippen LogP contribution is -2.28. The number of ether oxygens (including phenoxy) is 1. The first-order chi connectivity index (χ1) is 9.51. The van der Waals surface area contributed by atoms with Crippen LogP contribution >= 0.6 is 11.6 Å². The van der Waals surface area contributed by atoms with Gasteiger partial charge < -0.3 is 4.74 Å². The molecule has 3 aliphatic rings. The van der Waals surface area contributed by atoms with Gasteiger partial charge in [0, 0.05) is 18.6 Å². The number of methoxy groups -OCH3 is 1. The fourth-order valence-corrected chi connectivity index (χ4v) is 4.71. The van der Waals surface area contributed by atoms with Crippen molar-refractivity contribution in [2.75, 3.05) is 7.11 Å². The summed E-state index contributed by atoms with van der Waals surface area (Å²) in [5.41, 5.74) is 2.04. The van der Waals surface area contributed by atoms with Gasteiger partial charge in [-0.25, -0.2) is 0 Å². The van der Waals surface area contributed by atoms with Gasteiger partial charge in [0.25, 0.3) is 0 Å². The minimum Gasteiger partial charge on any atom is -0.377 e. The van der Waals surface area contributed by atoms with Crippen molar-refractivity contribution in [2.24, 2.45) is 23.2 Å². The second-order valence-corrected chi connectivity index (χ2v) is 7.97. The number of hydrogen-bond donors (Lipinski definition) is 0. The molecule has 0 N–H and O–H groups in total. The van der Waals surface area contributed by atoms with Gasteiger partial charge in [-0.1, -0.05) is 31.5 Å². The average Bonchev–Trinajstić information content (AvgIpc) is 3.17. The van der Waals surface area contributed by atoms with Crippen molar-refractivity contribution in [1.29, 1.82) is 0 Å².